The zero-order valence-corrected chi connectivity index (χ0v) is 21.6. The molecular formula is C30H52O2. The lowest BCUT2D eigenvalue weighted by molar-refractivity contribution is -0.128. The molecule has 5 fully saturated rings. The molecular weight excluding hydrogens is 392 g/mol. The van der Waals surface area contributed by atoms with Crippen molar-refractivity contribution in [3.05, 3.63) is 0 Å². The molecule has 5 rings (SSSR count). The molecule has 0 aromatic heterocycles. The van der Waals surface area contributed by atoms with Gasteiger partial charge in [0.05, 0.1) is 12.2 Å². The zero-order valence-electron chi connectivity index (χ0n) is 21.6. The van der Waals surface area contributed by atoms with E-state index in [1.165, 1.54) is 70.6 Å². The lowest BCUT2D eigenvalue weighted by Gasteiger charge is -2.61. The minimum absolute atomic E-state index is 0.0360. The number of rotatable bonds is 4. The van der Waals surface area contributed by atoms with Crippen LogP contribution < -0.4 is 0 Å². The standard InChI is InChI=1S/C30H52O2/c1-28(2)13-9-20(10-14-28)17-24(32)19-22-6-8-26-25-7-5-21-18-23(31)11-15-29(21,3)27(25)12-16-30(22,26)4/h20-27,31-32H,5-19H2,1-4H3/t21?,22-,23?,24+,25?,26?,27?,29?,30-/m1/s1. The second kappa shape index (κ2) is 8.54. The minimum Gasteiger partial charge on any atom is -0.393 e. The molecule has 0 aromatic carbocycles. The molecule has 32 heavy (non-hydrogen) atoms. The van der Waals surface area contributed by atoms with Crippen LogP contribution in [0.15, 0.2) is 0 Å². The summed E-state index contributed by atoms with van der Waals surface area (Å²) in [5.41, 5.74) is 1.47. The minimum atomic E-state index is -0.0763. The molecule has 0 aliphatic heterocycles. The van der Waals surface area contributed by atoms with E-state index in [4.69, 9.17) is 0 Å². The molecule has 0 spiro atoms. The van der Waals surface area contributed by atoms with Gasteiger partial charge >= 0.3 is 0 Å². The summed E-state index contributed by atoms with van der Waals surface area (Å²) in [5, 5.41) is 21.4. The molecule has 5 aliphatic carbocycles. The Morgan fingerprint density at radius 3 is 2.16 bits per heavy atom. The number of fused-ring (bicyclic) bond motifs is 5. The monoisotopic (exact) mass is 444 g/mol. The lowest BCUT2D eigenvalue weighted by atomic mass is 9.44. The van der Waals surface area contributed by atoms with Gasteiger partial charge in [-0.3, -0.25) is 0 Å². The number of aliphatic hydroxyl groups excluding tert-OH is 2. The van der Waals surface area contributed by atoms with Gasteiger partial charge in [-0.2, -0.15) is 0 Å². The first-order valence-corrected chi connectivity index (χ1v) is 14.5. The molecule has 0 aromatic rings. The SMILES string of the molecule is CC1(C)CCC(C[C@H](O)C[C@H]2CCC3C4CCC5CC(O)CCC5(C)C4CC[C@@]32C)CC1. The first-order chi connectivity index (χ1) is 15.1. The van der Waals surface area contributed by atoms with Crippen LogP contribution in [0.3, 0.4) is 0 Å². The molecule has 9 atom stereocenters. The van der Waals surface area contributed by atoms with E-state index < -0.39 is 0 Å². The highest BCUT2D eigenvalue weighted by Crippen LogP contribution is 2.68. The Labute approximate surface area is 198 Å². The van der Waals surface area contributed by atoms with Crippen LogP contribution in [-0.2, 0) is 0 Å². The van der Waals surface area contributed by atoms with Gasteiger partial charge in [0.2, 0.25) is 0 Å². The van der Waals surface area contributed by atoms with Crippen molar-refractivity contribution in [2.24, 2.45) is 51.8 Å². The normalized spacial score (nSPS) is 49.7. The predicted molar refractivity (Wildman–Crippen MR) is 132 cm³/mol. The Balaban J connectivity index is 1.21. The van der Waals surface area contributed by atoms with Crippen molar-refractivity contribution in [1.29, 1.82) is 0 Å². The first-order valence-electron chi connectivity index (χ1n) is 14.5. The fourth-order valence-electron chi connectivity index (χ4n) is 10.2. The van der Waals surface area contributed by atoms with Crippen molar-refractivity contribution in [2.45, 2.75) is 136 Å². The summed E-state index contributed by atoms with van der Waals surface area (Å²) in [6, 6.07) is 0. The van der Waals surface area contributed by atoms with Gasteiger partial charge < -0.3 is 10.2 Å². The van der Waals surface area contributed by atoms with Crippen molar-refractivity contribution < 1.29 is 10.2 Å². The van der Waals surface area contributed by atoms with Gasteiger partial charge in [0.1, 0.15) is 0 Å². The van der Waals surface area contributed by atoms with Crippen molar-refractivity contribution in [2.75, 3.05) is 0 Å². The summed E-state index contributed by atoms with van der Waals surface area (Å²) in [5.74, 6) is 4.95. The zero-order chi connectivity index (χ0) is 22.7. The van der Waals surface area contributed by atoms with Crippen molar-refractivity contribution in [1.82, 2.24) is 0 Å². The lowest BCUT2D eigenvalue weighted by Crippen LogP contribution is -2.54. The average Bonchev–Trinajstić information content (AvgIpc) is 3.06. The van der Waals surface area contributed by atoms with Crippen molar-refractivity contribution in [3.63, 3.8) is 0 Å². The molecule has 0 amide bonds. The predicted octanol–water partition coefficient (Wildman–Crippen LogP) is 7.36. The molecule has 0 radical (unpaired) electrons. The van der Waals surface area contributed by atoms with E-state index in [0.29, 0.717) is 16.2 Å². The van der Waals surface area contributed by atoms with Crippen molar-refractivity contribution >= 4 is 0 Å². The highest BCUT2D eigenvalue weighted by molar-refractivity contribution is 5.09. The van der Waals surface area contributed by atoms with Crippen LogP contribution in [0.25, 0.3) is 0 Å². The van der Waals surface area contributed by atoms with E-state index in [1.54, 1.807) is 0 Å². The van der Waals surface area contributed by atoms with Crippen molar-refractivity contribution in [3.8, 4) is 0 Å². The van der Waals surface area contributed by atoms with E-state index in [1.807, 2.05) is 0 Å². The fourth-order valence-corrected chi connectivity index (χ4v) is 10.2. The third-order valence-corrected chi connectivity index (χ3v) is 12.5. The number of hydrogen-bond acceptors (Lipinski definition) is 2. The summed E-state index contributed by atoms with van der Waals surface area (Å²) < 4.78 is 0. The van der Waals surface area contributed by atoms with Gasteiger partial charge in [-0.25, -0.2) is 0 Å². The summed E-state index contributed by atoms with van der Waals surface area (Å²) in [4.78, 5) is 0. The van der Waals surface area contributed by atoms with E-state index in [2.05, 4.69) is 27.7 Å². The van der Waals surface area contributed by atoms with Gasteiger partial charge in [-0.15, -0.1) is 0 Å². The largest absolute Gasteiger partial charge is 0.393 e. The smallest absolute Gasteiger partial charge is 0.0545 e. The summed E-state index contributed by atoms with van der Waals surface area (Å²) in [6.45, 7) is 10.1. The second-order valence-corrected chi connectivity index (χ2v) is 14.6. The first kappa shape index (κ1) is 23.7. The Bertz CT molecular complexity index is 662. The maximum atomic E-state index is 11.1. The molecule has 6 unspecified atom stereocenters. The summed E-state index contributed by atoms with van der Waals surface area (Å²) in [7, 11) is 0. The molecule has 0 heterocycles. The maximum absolute atomic E-state index is 11.1. The third-order valence-electron chi connectivity index (χ3n) is 12.5. The molecule has 0 saturated heterocycles. The van der Waals surface area contributed by atoms with Crippen LogP contribution in [0.2, 0.25) is 0 Å². The Morgan fingerprint density at radius 1 is 0.719 bits per heavy atom. The van der Waals surface area contributed by atoms with Gasteiger partial charge in [0.25, 0.3) is 0 Å². The van der Waals surface area contributed by atoms with E-state index >= 15 is 0 Å². The second-order valence-electron chi connectivity index (χ2n) is 14.6. The van der Waals surface area contributed by atoms with Gasteiger partial charge in [-0.05, 0) is 148 Å². The van der Waals surface area contributed by atoms with Gasteiger partial charge in [-0.1, -0.05) is 27.7 Å². The molecule has 5 saturated carbocycles. The molecule has 5 aliphatic rings. The average molecular weight is 445 g/mol. The van der Waals surface area contributed by atoms with Crippen LogP contribution in [0, 0.1) is 51.8 Å². The third kappa shape index (κ3) is 4.12. The van der Waals surface area contributed by atoms with Gasteiger partial charge in [0.15, 0.2) is 0 Å². The maximum Gasteiger partial charge on any atom is 0.0545 e. The quantitative estimate of drug-likeness (QED) is 0.475. The van der Waals surface area contributed by atoms with E-state index in [-0.39, 0.29) is 12.2 Å². The number of hydrogen-bond donors (Lipinski definition) is 2. The van der Waals surface area contributed by atoms with E-state index in [9.17, 15) is 10.2 Å². The molecule has 2 heteroatoms. The Kier molecular flexibility index (Phi) is 6.31. The van der Waals surface area contributed by atoms with Crippen LogP contribution in [0.5, 0.6) is 0 Å². The highest BCUT2D eigenvalue weighted by Gasteiger charge is 2.60. The van der Waals surface area contributed by atoms with Crippen LogP contribution in [0.4, 0.5) is 0 Å². The molecule has 0 bridgehead atoms. The fraction of sp³-hybridized carbons (Fsp3) is 1.00. The van der Waals surface area contributed by atoms with E-state index in [0.717, 1.165) is 61.2 Å². The Morgan fingerprint density at radius 2 is 1.41 bits per heavy atom. The van der Waals surface area contributed by atoms with Crippen LogP contribution in [0.1, 0.15) is 124 Å². The van der Waals surface area contributed by atoms with Gasteiger partial charge in [0, 0.05) is 0 Å². The number of aliphatic hydroxyl groups is 2. The molecule has 2 N–H and O–H groups in total. The Hall–Kier alpha value is -0.0800. The summed E-state index contributed by atoms with van der Waals surface area (Å²) in [6.07, 6.45) is 19.0. The van der Waals surface area contributed by atoms with Crippen LogP contribution in [-0.4, -0.2) is 22.4 Å². The molecule has 184 valence electrons. The van der Waals surface area contributed by atoms with Crippen LogP contribution >= 0.6 is 0 Å². The summed E-state index contributed by atoms with van der Waals surface area (Å²) >= 11 is 0. The molecule has 2 nitrogen and oxygen atoms in total. The highest BCUT2D eigenvalue weighted by atomic mass is 16.3. The topological polar surface area (TPSA) is 40.5 Å².